The number of fused-ring (bicyclic) bond motifs is 1. The first-order valence-corrected chi connectivity index (χ1v) is 11.8. The summed E-state index contributed by atoms with van der Waals surface area (Å²) >= 11 is 0. The van der Waals surface area contributed by atoms with E-state index in [9.17, 15) is 4.79 Å². The lowest BCUT2D eigenvalue weighted by Gasteiger charge is -2.40. The number of hydrogen-bond donors (Lipinski definition) is 0. The number of nitrogens with zero attached hydrogens (tertiary/aromatic N) is 6. The Morgan fingerprint density at radius 1 is 1.20 bits per heavy atom. The number of halogens is 1. The van der Waals surface area contributed by atoms with E-state index in [1.54, 1.807) is 17.0 Å². The molecule has 0 N–H and O–H groups in total. The Hall–Kier alpha value is -3.43. The zero-order valence-electron chi connectivity index (χ0n) is 21.4. The van der Waals surface area contributed by atoms with E-state index >= 15 is 4.39 Å². The molecular weight excluding hydrogens is 451 g/mol. The van der Waals surface area contributed by atoms with E-state index in [0.29, 0.717) is 48.2 Å². The molecule has 3 heterocycles. The lowest BCUT2D eigenvalue weighted by Crippen LogP contribution is -2.54. The zero-order chi connectivity index (χ0) is 25.5. The molecule has 1 aliphatic heterocycles. The Morgan fingerprint density at radius 2 is 1.94 bits per heavy atom. The number of aromatic nitrogens is 4. The number of carbonyl (C=O) groups excluding carboxylic acids is 1. The smallest absolute Gasteiger partial charge is 0.410 e. The van der Waals surface area contributed by atoms with Crippen LogP contribution in [-0.4, -0.2) is 68.9 Å². The number of ether oxygens (including phenoxy) is 2. The maximum absolute atomic E-state index is 15.0. The lowest BCUT2D eigenvalue weighted by atomic mass is 10.1. The second kappa shape index (κ2) is 9.31. The number of piperazine rings is 1. The van der Waals surface area contributed by atoms with Gasteiger partial charge in [0.05, 0.1) is 12.7 Å². The molecule has 1 fully saturated rings. The topological polar surface area (TPSA) is 85.6 Å². The molecule has 0 bridgehead atoms. The van der Waals surface area contributed by atoms with Crippen molar-refractivity contribution >= 4 is 23.1 Å². The summed E-state index contributed by atoms with van der Waals surface area (Å²) in [6.45, 7) is 13.1. The quantitative estimate of drug-likeness (QED) is 0.532. The fraction of sp³-hybridized carbons (Fsp3) is 0.520. The average molecular weight is 485 g/mol. The number of imidazole rings is 1. The highest BCUT2D eigenvalue weighted by Gasteiger charge is 2.33. The predicted octanol–water partition coefficient (Wildman–Crippen LogP) is 4.67. The largest absolute Gasteiger partial charge is 0.496 e. The first kappa shape index (κ1) is 24.7. The first-order valence-electron chi connectivity index (χ1n) is 11.8. The van der Waals surface area contributed by atoms with E-state index in [4.69, 9.17) is 14.5 Å². The Bertz CT molecular complexity index is 1240. The highest BCUT2D eigenvalue weighted by Crippen LogP contribution is 2.37. The van der Waals surface area contributed by atoms with Gasteiger partial charge >= 0.3 is 6.09 Å². The van der Waals surface area contributed by atoms with Gasteiger partial charge in [-0.1, -0.05) is 6.07 Å². The second-order valence-corrected chi connectivity index (χ2v) is 10.1. The molecule has 10 heteroatoms. The highest BCUT2D eigenvalue weighted by molar-refractivity contribution is 5.88. The van der Waals surface area contributed by atoms with Crippen LogP contribution in [-0.2, 0) is 4.74 Å². The van der Waals surface area contributed by atoms with Crippen LogP contribution in [0.15, 0.2) is 24.5 Å². The summed E-state index contributed by atoms with van der Waals surface area (Å²) in [6, 6.07) is 4.64. The van der Waals surface area contributed by atoms with Gasteiger partial charge in [-0.3, -0.25) is 0 Å². The second-order valence-electron chi connectivity index (χ2n) is 10.1. The molecule has 188 valence electrons. The van der Waals surface area contributed by atoms with Gasteiger partial charge in [-0.15, -0.1) is 0 Å². The van der Waals surface area contributed by atoms with Crippen LogP contribution < -0.4 is 9.64 Å². The first-order chi connectivity index (χ1) is 16.5. The van der Waals surface area contributed by atoms with E-state index in [2.05, 4.69) is 14.9 Å². The minimum absolute atomic E-state index is 0.0370. The van der Waals surface area contributed by atoms with Gasteiger partial charge in [-0.25, -0.2) is 24.1 Å². The third-order valence-electron chi connectivity index (χ3n) is 5.94. The molecular formula is C25H33FN6O3. The van der Waals surface area contributed by atoms with Gasteiger partial charge in [0.25, 0.3) is 0 Å². The van der Waals surface area contributed by atoms with Crippen molar-refractivity contribution < 1.29 is 18.7 Å². The molecule has 0 radical (unpaired) electrons. The fourth-order valence-corrected chi connectivity index (χ4v) is 4.43. The van der Waals surface area contributed by atoms with Crippen molar-refractivity contribution in [2.45, 2.75) is 59.2 Å². The minimum atomic E-state index is -0.551. The third kappa shape index (κ3) is 4.74. The predicted molar refractivity (Wildman–Crippen MR) is 132 cm³/mol. The number of anilines is 1. The molecule has 0 saturated carbocycles. The van der Waals surface area contributed by atoms with Crippen molar-refractivity contribution in [2.75, 3.05) is 31.6 Å². The van der Waals surface area contributed by atoms with Gasteiger partial charge in [0.15, 0.2) is 17.0 Å². The Labute approximate surface area is 204 Å². The average Bonchev–Trinajstić information content (AvgIpc) is 3.17. The van der Waals surface area contributed by atoms with Gasteiger partial charge in [0.1, 0.15) is 29.3 Å². The number of methoxy groups -OCH3 is 1. The Kier molecular flexibility index (Phi) is 6.57. The molecule has 1 aromatic carbocycles. The van der Waals surface area contributed by atoms with Crippen LogP contribution in [0.2, 0.25) is 0 Å². The Balaban J connectivity index is 1.75. The van der Waals surface area contributed by atoms with Gasteiger partial charge in [-0.2, -0.15) is 0 Å². The summed E-state index contributed by atoms with van der Waals surface area (Å²) in [6.07, 6.45) is 1.18. The van der Waals surface area contributed by atoms with Crippen LogP contribution in [0, 0.1) is 5.82 Å². The standard InChI is InChI=1S/C25H33FN6O3/c1-15(2)32-21(19-17(26)9-8-10-18(19)34-7)29-20-22(27-14-28-23(20)32)31-12-11-30(13-16(31)3)24(33)35-25(4,5)6/h8-10,14-16H,11-13H2,1-7H3/t16-/m0/s1. The summed E-state index contributed by atoms with van der Waals surface area (Å²) in [4.78, 5) is 30.3. The SMILES string of the molecule is COc1cccc(F)c1-c1nc2c(N3CCN(C(=O)OC(C)(C)C)C[C@@H]3C)ncnc2n1C(C)C. The number of hydrogen-bond acceptors (Lipinski definition) is 7. The summed E-state index contributed by atoms with van der Waals surface area (Å²) in [5, 5.41) is 0. The van der Waals surface area contributed by atoms with Crippen LogP contribution in [0.5, 0.6) is 5.75 Å². The van der Waals surface area contributed by atoms with Crippen molar-refractivity contribution in [1.29, 1.82) is 0 Å². The van der Waals surface area contributed by atoms with Crippen LogP contribution in [0.3, 0.4) is 0 Å². The van der Waals surface area contributed by atoms with Crippen molar-refractivity contribution in [3.8, 4) is 17.1 Å². The van der Waals surface area contributed by atoms with Gasteiger partial charge in [0.2, 0.25) is 0 Å². The maximum Gasteiger partial charge on any atom is 0.410 e. The maximum atomic E-state index is 15.0. The fourth-order valence-electron chi connectivity index (χ4n) is 4.43. The summed E-state index contributed by atoms with van der Waals surface area (Å²) in [7, 11) is 1.51. The lowest BCUT2D eigenvalue weighted by molar-refractivity contribution is 0.0218. The molecule has 0 unspecified atom stereocenters. The van der Waals surface area contributed by atoms with Crippen molar-refractivity contribution in [1.82, 2.24) is 24.4 Å². The summed E-state index contributed by atoms with van der Waals surface area (Å²) in [5.74, 6) is 1.07. The molecule has 35 heavy (non-hydrogen) atoms. The summed E-state index contributed by atoms with van der Waals surface area (Å²) in [5.41, 5.74) is 0.936. The molecule has 2 aromatic heterocycles. The van der Waals surface area contributed by atoms with Gasteiger partial charge in [0, 0.05) is 31.7 Å². The highest BCUT2D eigenvalue weighted by atomic mass is 19.1. The van der Waals surface area contributed by atoms with E-state index in [0.717, 1.165) is 0 Å². The molecule has 9 nitrogen and oxygen atoms in total. The Morgan fingerprint density at radius 3 is 2.57 bits per heavy atom. The van der Waals surface area contributed by atoms with E-state index in [-0.39, 0.29) is 23.7 Å². The number of carbonyl (C=O) groups is 1. The van der Waals surface area contributed by atoms with Crippen LogP contribution in [0.1, 0.15) is 47.6 Å². The number of amides is 1. The molecule has 0 spiro atoms. The molecule has 4 rings (SSSR count). The normalized spacial score (nSPS) is 16.8. The molecule has 1 amide bonds. The monoisotopic (exact) mass is 484 g/mol. The van der Waals surface area contributed by atoms with E-state index in [1.165, 1.54) is 19.5 Å². The van der Waals surface area contributed by atoms with Crippen molar-refractivity contribution in [3.05, 3.63) is 30.3 Å². The van der Waals surface area contributed by atoms with Crippen LogP contribution in [0.4, 0.5) is 15.0 Å². The number of rotatable bonds is 4. The number of benzene rings is 1. The van der Waals surface area contributed by atoms with Crippen molar-refractivity contribution in [3.63, 3.8) is 0 Å². The third-order valence-corrected chi connectivity index (χ3v) is 5.94. The minimum Gasteiger partial charge on any atom is -0.496 e. The van der Waals surface area contributed by atoms with Gasteiger partial charge < -0.3 is 23.8 Å². The molecule has 3 aromatic rings. The molecule has 1 aliphatic rings. The molecule has 0 aliphatic carbocycles. The van der Waals surface area contributed by atoms with Crippen molar-refractivity contribution in [2.24, 2.45) is 0 Å². The zero-order valence-corrected chi connectivity index (χ0v) is 21.4. The summed E-state index contributed by atoms with van der Waals surface area (Å²) < 4.78 is 27.9. The van der Waals surface area contributed by atoms with Gasteiger partial charge in [-0.05, 0) is 53.7 Å². The molecule has 1 saturated heterocycles. The molecule has 1 atom stereocenters. The van der Waals surface area contributed by atoms with E-state index in [1.807, 2.05) is 46.1 Å². The van der Waals surface area contributed by atoms with Crippen LogP contribution in [0.25, 0.3) is 22.6 Å². The van der Waals surface area contributed by atoms with E-state index < -0.39 is 11.4 Å². The van der Waals surface area contributed by atoms with Crippen LogP contribution >= 0.6 is 0 Å².